The number of para-hydroxylation sites is 1. The topological polar surface area (TPSA) is 70.6 Å². The van der Waals surface area contributed by atoms with Crippen LogP contribution in [0.5, 0.6) is 5.75 Å². The van der Waals surface area contributed by atoms with Gasteiger partial charge in [-0.05, 0) is 29.9 Å². The van der Waals surface area contributed by atoms with Gasteiger partial charge < -0.3 is 20.5 Å². The molecule has 2 aromatic rings. The molecule has 0 aromatic heterocycles. The molecule has 132 valence electrons. The van der Waals surface area contributed by atoms with E-state index in [4.69, 9.17) is 9.84 Å². The third-order valence-corrected chi connectivity index (χ3v) is 4.44. The van der Waals surface area contributed by atoms with Crippen molar-refractivity contribution in [2.75, 3.05) is 19.8 Å². The van der Waals surface area contributed by atoms with Crippen molar-refractivity contribution < 1.29 is 14.6 Å². The normalized spacial score (nSPS) is 18.4. The lowest BCUT2D eigenvalue weighted by Gasteiger charge is -2.12. The van der Waals surface area contributed by atoms with Gasteiger partial charge in [-0.25, -0.2) is 4.79 Å². The predicted octanol–water partition coefficient (Wildman–Crippen LogP) is 2.66. The number of aliphatic hydroxyl groups is 1. The molecule has 25 heavy (non-hydrogen) atoms. The first-order valence-electron chi connectivity index (χ1n) is 8.66. The number of hydrogen-bond donors (Lipinski definition) is 3. The molecule has 0 spiro atoms. The monoisotopic (exact) mass is 340 g/mol. The summed E-state index contributed by atoms with van der Waals surface area (Å²) >= 11 is 0. The second-order valence-corrected chi connectivity index (χ2v) is 6.26. The van der Waals surface area contributed by atoms with E-state index in [9.17, 15) is 4.79 Å². The molecule has 2 atom stereocenters. The van der Waals surface area contributed by atoms with Crippen LogP contribution in [0.2, 0.25) is 0 Å². The zero-order chi connectivity index (χ0) is 17.5. The van der Waals surface area contributed by atoms with Crippen molar-refractivity contribution >= 4 is 6.03 Å². The van der Waals surface area contributed by atoms with Crippen molar-refractivity contribution in [2.45, 2.75) is 18.9 Å². The first-order chi connectivity index (χ1) is 12.3. The smallest absolute Gasteiger partial charge is 0.315 e. The van der Waals surface area contributed by atoms with Gasteiger partial charge in [0, 0.05) is 18.7 Å². The Morgan fingerprint density at radius 1 is 1.08 bits per heavy atom. The van der Waals surface area contributed by atoms with Crippen molar-refractivity contribution in [3.05, 3.63) is 65.7 Å². The van der Waals surface area contributed by atoms with Gasteiger partial charge in [-0.3, -0.25) is 0 Å². The molecule has 1 saturated carbocycles. The van der Waals surface area contributed by atoms with Gasteiger partial charge in [-0.15, -0.1) is 0 Å². The zero-order valence-electron chi connectivity index (χ0n) is 14.2. The van der Waals surface area contributed by atoms with E-state index in [2.05, 4.69) is 34.9 Å². The van der Waals surface area contributed by atoms with Gasteiger partial charge in [0.1, 0.15) is 12.4 Å². The summed E-state index contributed by atoms with van der Waals surface area (Å²) in [6.07, 6.45) is 1.13. The van der Waals surface area contributed by atoms with Crippen molar-refractivity contribution in [1.82, 2.24) is 10.6 Å². The number of hydrogen-bond acceptors (Lipinski definition) is 3. The van der Waals surface area contributed by atoms with Crippen LogP contribution in [0.3, 0.4) is 0 Å². The molecule has 3 rings (SSSR count). The molecule has 2 amide bonds. The standard InChI is InChI=1S/C20H24N2O3/c23-10-11-25-19-9-5-4-8-16(19)13-21-20(24)22-14-17-12-18(17)15-6-2-1-3-7-15/h1-9,17-18,23H,10-14H2,(H2,21,22,24). The predicted molar refractivity (Wildman–Crippen MR) is 96.6 cm³/mol. The molecule has 1 aliphatic carbocycles. The van der Waals surface area contributed by atoms with Crippen molar-refractivity contribution in [3.8, 4) is 5.75 Å². The van der Waals surface area contributed by atoms with Crippen LogP contribution in [0.15, 0.2) is 54.6 Å². The Hall–Kier alpha value is -2.53. The summed E-state index contributed by atoms with van der Waals surface area (Å²) in [5, 5.41) is 14.7. The lowest BCUT2D eigenvalue weighted by Crippen LogP contribution is -2.36. The summed E-state index contributed by atoms with van der Waals surface area (Å²) in [6.45, 7) is 1.28. The lowest BCUT2D eigenvalue weighted by atomic mass is 10.1. The van der Waals surface area contributed by atoms with Gasteiger partial charge in [0.05, 0.1) is 6.61 Å². The molecule has 0 aliphatic heterocycles. The number of benzene rings is 2. The summed E-state index contributed by atoms with van der Waals surface area (Å²) in [5.74, 6) is 1.77. The number of nitrogens with one attached hydrogen (secondary N) is 2. The number of aliphatic hydroxyl groups excluding tert-OH is 1. The highest BCUT2D eigenvalue weighted by atomic mass is 16.5. The summed E-state index contributed by atoms with van der Waals surface area (Å²) in [7, 11) is 0. The van der Waals surface area contributed by atoms with Crippen LogP contribution < -0.4 is 15.4 Å². The second kappa shape index (κ2) is 8.53. The van der Waals surface area contributed by atoms with Gasteiger partial charge in [-0.1, -0.05) is 48.5 Å². The third kappa shape index (κ3) is 4.97. The molecule has 1 fully saturated rings. The first kappa shape index (κ1) is 17.3. The second-order valence-electron chi connectivity index (χ2n) is 6.26. The Kier molecular flexibility index (Phi) is 5.90. The maximum Gasteiger partial charge on any atom is 0.315 e. The number of carbonyl (C=O) groups excluding carboxylic acids is 1. The minimum Gasteiger partial charge on any atom is -0.491 e. The Morgan fingerprint density at radius 3 is 2.64 bits per heavy atom. The maximum atomic E-state index is 12.0. The summed E-state index contributed by atoms with van der Waals surface area (Å²) in [4.78, 5) is 12.0. The number of rotatable bonds is 8. The molecular formula is C20H24N2O3. The van der Waals surface area contributed by atoms with Crippen LogP contribution >= 0.6 is 0 Å². The van der Waals surface area contributed by atoms with Crippen LogP contribution in [0.4, 0.5) is 4.79 Å². The highest BCUT2D eigenvalue weighted by molar-refractivity contribution is 5.74. The molecular weight excluding hydrogens is 316 g/mol. The fourth-order valence-electron chi connectivity index (χ4n) is 2.99. The van der Waals surface area contributed by atoms with E-state index in [0.717, 1.165) is 12.0 Å². The minimum atomic E-state index is -0.171. The molecule has 5 heteroatoms. The molecule has 0 saturated heterocycles. The number of urea groups is 1. The van der Waals surface area contributed by atoms with E-state index in [1.165, 1.54) is 5.56 Å². The van der Waals surface area contributed by atoms with Crippen molar-refractivity contribution in [1.29, 1.82) is 0 Å². The minimum absolute atomic E-state index is 0.0355. The average Bonchev–Trinajstić information content (AvgIpc) is 3.44. The molecule has 3 N–H and O–H groups in total. The van der Waals surface area contributed by atoms with E-state index in [1.54, 1.807) is 0 Å². The van der Waals surface area contributed by atoms with Crippen molar-refractivity contribution in [3.63, 3.8) is 0 Å². The highest BCUT2D eigenvalue weighted by Gasteiger charge is 2.37. The number of amides is 2. The number of carbonyl (C=O) groups is 1. The maximum absolute atomic E-state index is 12.0. The summed E-state index contributed by atoms with van der Waals surface area (Å²) in [5.41, 5.74) is 2.24. The quantitative estimate of drug-likeness (QED) is 0.692. The highest BCUT2D eigenvalue weighted by Crippen LogP contribution is 2.46. The Morgan fingerprint density at radius 2 is 1.84 bits per heavy atom. The number of ether oxygens (including phenoxy) is 1. The zero-order valence-corrected chi connectivity index (χ0v) is 14.2. The molecule has 2 unspecified atom stereocenters. The van der Waals surface area contributed by atoms with Gasteiger partial charge in [-0.2, -0.15) is 0 Å². The van der Waals surface area contributed by atoms with Gasteiger partial charge >= 0.3 is 6.03 Å². The molecule has 0 radical (unpaired) electrons. The Balaban J connectivity index is 1.41. The van der Waals surface area contributed by atoms with Crippen LogP contribution in [-0.4, -0.2) is 30.9 Å². The van der Waals surface area contributed by atoms with Crippen LogP contribution in [0, 0.1) is 5.92 Å². The van der Waals surface area contributed by atoms with E-state index in [-0.39, 0.29) is 19.2 Å². The fraction of sp³-hybridized carbons (Fsp3) is 0.350. The van der Waals surface area contributed by atoms with Crippen LogP contribution in [-0.2, 0) is 6.54 Å². The molecule has 0 bridgehead atoms. The lowest BCUT2D eigenvalue weighted by molar-refractivity contribution is 0.200. The third-order valence-electron chi connectivity index (χ3n) is 4.44. The molecule has 1 aliphatic rings. The Labute approximate surface area is 148 Å². The van der Waals surface area contributed by atoms with E-state index in [1.807, 2.05) is 30.3 Å². The fourth-order valence-corrected chi connectivity index (χ4v) is 2.99. The van der Waals surface area contributed by atoms with Crippen LogP contribution in [0.1, 0.15) is 23.5 Å². The van der Waals surface area contributed by atoms with Crippen molar-refractivity contribution in [2.24, 2.45) is 5.92 Å². The average molecular weight is 340 g/mol. The summed E-state index contributed by atoms with van der Waals surface area (Å²) in [6, 6.07) is 17.8. The van der Waals surface area contributed by atoms with Gasteiger partial charge in [0.15, 0.2) is 0 Å². The van der Waals surface area contributed by atoms with Gasteiger partial charge in [0.25, 0.3) is 0 Å². The molecule has 2 aromatic carbocycles. The largest absolute Gasteiger partial charge is 0.491 e. The van der Waals surface area contributed by atoms with Gasteiger partial charge in [0.2, 0.25) is 0 Å². The first-order valence-corrected chi connectivity index (χ1v) is 8.66. The summed E-state index contributed by atoms with van der Waals surface area (Å²) < 4.78 is 5.47. The molecule has 5 nitrogen and oxygen atoms in total. The van der Waals surface area contributed by atoms with Crippen LogP contribution in [0.25, 0.3) is 0 Å². The van der Waals surface area contributed by atoms with E-state index < -0.39 is 0 Å². The SMILES string of the molecule is O=C(NCc1ccccc1OCCO)NCC1CC1c1ccccc1. The molecule has 0 heterocycles. The van der Waals surface area contributed by atoms with E-state index >= 15 is 0 Å². The Bertz CT molecular complexity index is 690. The van der Waals surface area contributed by atoms with E-state index in [0.29, 0.717) is 30.7 Å².